The Morgan fingerprint density at radius 2 is 1.78 bits per heavy atom. The van der Waals surface area contributed by atoms with Gasteiger partial charge in [-0.15, -0.1) is 0 Å². The van der Waals surface area contributed by atoms with Crippen LogP contribution in [0.1, 0.15) is 5.56 Å². The van der Waals surface area contributed by atoms with Crippen molar-refractivity contribution in [2.45, 2.75) is 6.18 Å². The van der Waals surface area contributed by atoms with Gasteiger partial charge in [0.05, 0.1) is 11.1 Å². The van der Waals surface area contributed by atoms with Crippen molar-refractivity contribution in [2.75, 3.05) is 6.79 Å². The van der Waals surface area contributed by atoms with Crippen LogP contribution in [0.15, 0.2) is 18.2 Å². The highest BCUT2D eigenvalue weighted by molar-refractivity contribution is 7.71. The monoisotopic (exact) mass is 273 g/mol. The van der Waals surface area contributed by atoms with Crippen molar-refractivity contribution in [1.29, 1.82) is 0 Å². The number of nitrogens with one attached hydrogen (secondary N) is 1. The summed E-state index contributed by atoms with van der Waals surface area (Å²) >= 11 is 4.80. The van der Waals surface area contributed by atoms with Crippen LogP contribution in [0.3, 0.4) is 0 Å². The zero-order chi connectivity index (χ0) is 12.9. The van der Waals surface area contributed by atoms with Crippen molar-refractivity contribution in [3.8, 4) is 11.5 Å². The summed E-state index contributed by atoms with van der Waals surface area (Å²) in [4.78, 5) is 2.71. The fourth-order valence-electron chi connectivity index (χ4n) is 1.88. The van der Waals surface area contributed by atoms with Gasteiger partial charge in [0.2, 0.25) is 6.79 Å². The van der Waals surface area contributed by atoms with Gasteiger partial charge in [-0.25, -0.2) is 0 Å². The van der Waals surface area contributed by atoms with Crippen LogP contribution in [-0.2, 0) is 6.18 Å². The Morgan fingerprint density at radius 3 is 2.44 bits per heavy atom. The van der Waals surface area contributed by atoms with Gasteiger partial charge in [-0.1, -0.05) is 12.2 Å². The fourth-order valence-corrected chi connectivity index (χ4v) is 2.11. The standard InChI is InChI=1S/C11H6F3NO2S/c12-11(13,14)6-2-10(18)15-7-3-9-8(1-5(6)7)16-4-17-9/h1-3H,4H2,(H,15,18). The van der Waals surface area contributed by atoms with Gasteiger partial charge >= 0.3 is 6.18 Å². The summed E-state index contributed by atoms with van der Waals surface area (Å²) in [5.41, 5.74) is -0.501. The van der Waals surface area contributed by atoms with E-state index in [4.69, 9.17) is 21.7 Å². The number of alkyl halides is 3. The maximum Gasteiger partial charge on any atom is 0.417 e. The molecule has 0 unspecified atom stereocenters. The number of ether oxygens (including phenoxy) is 2. The zero-order valence-corrected chi connectivity index (χ0v) is 9.61. The summed E-state index contributed by atoms with van der Waals surface area (Å²) in [6.07, 6.45) is -4.46. The van der Waals surface area contributed by atoms with Crippen LogP contribution in [0.25, 0.3) is 10.9 Å². The van der Waals surface area contributed by atoms with Crippen LogP contribution in [-0.4, -0.2) is 11.8 Å². The highest BCUT2D eigenvalue weighted by Gasteiger charge is 2.33. The molecule has 0 bridgehead atoms. The molecule has 0 fully saturated rings. The second-order valence-corrected chi connectivity index (χ2v) is 4.24. The van der Waals surface area contributed by atoms with E-state index in [1.165, 1.54) is 12.1 Å². The molecule has 1 aliphatic rings. The lowest BCUT2D eigenvalue weighted by Crippen LogP contribution is -2.06. The zero-order valence-electron chi connectivity index (χ0n) is 8.80. The first-order chi connectivity index (χ1) is 8.45. The number of halogens is 3. The van der Waals surface area contributed by atoms with E-state index in [2.05, 4.69) is 4.98 Å². The summed E-state index contributed by atoms with van der Waals surface area (Å²) in [5.74, 6) is 0.714. The van der Waals surface area contributed by atoms with Crippen molar-refractivity contribution < 1.29 is 22.6 Å². The number of pyridine rings is 1. The number of hydrogen-bond donors (Lipinski definition) is 1. The number of benzene rings is 1. The molecular formula is C11H6F3NO2S. The van der Waals surface area contributed by atoms with Gasteiger partial charge in [0.25, 0.3) is 0 Å². The van der Waals surface area contributed by atoms with Crippen LogP contribution in [0.5, 0.6) is 11.5 Å². The molecule has 0 spiro atoms. The van der Waals surface area contributed by atoms with Gasteiger partial charge in [-0.3, -0.25) is 0 Å². The Morgan fingerprint density at radius 1 is 1.11 bits per heavy atom. The van der Waals surface area contributed by atoms with E-state index < -0.39 is 11.7 Å². The summed E-state index contributed by atoms with van der Waals surface area (Å²) in [6.45, 7) is 0.00768. The van der Waals surface area contributed by atoms with Gasteiger partial charge in [-0.05, 0) is 12.1 Å². The quantitative estimate of drug-likeness (QED) is 0.744. The van der Waals surface area contributed by atoms with Crippen molar-refractivity contribution in [2.24, 2.45) is 0 Å². The SMILES string of the molecule is FC(F)(F)c1cc(=S)[nH]c2cc3c(cc12)OCO3. The molecule has 7 heteroatoms. The molecule has 1 aromatic heterocycles. The highest BCUT2D eigenvalue weighted by Crippen LogP contribution is 2.40. The number of rotatable bonds is 0. The van der Waals surface area contributed by atoms with E-state index in [1.54, 1.807) is 0 Å². The van der Waals surface area contributed by atoms with Gasteiger partial charge in [0.15, 0.2) is 11.5 Å². The average Bonchev–Trinajstić information content (AvgIpc) is 2.70. The minimum Gasteiger partial charge on any atom is -0.454 e. The molecule has 0 saturated heterocycles. The minimum atomic E-state index is -4.46. The first kappa shape index (κ1) is 11.3. The number of hydrogen-bond acceptors (Lipinski definition) is 3. The second-order valence-electron chi connectivity index (χ2n) is 3.80. The average molecular weight is 273 g/mol. The molecule has 2 aromatic rings. The number of fused-ring (bicyclic) bond motifs is 2. The van der Waals surface area contributed by atoms with Crippen LogP contribution in [0.4, 0.5) is 13.2 Å². The predicted octanol–water partition coefficient (Wildman–Crippen LogP) is 3.64. The second kappa shape index (κ2) is 3.61. The minimum absolute atomic E-state index is 0.00768. The van der Waals surface area contributed by atoms with Crippen molar-refractivity contribution in [1.82, 2.24) is 4.98 Å². The topological polar surface area (TPSA) is 34.2 Å². The molecule has 1 aromatic carbocycles. The normalized spacial score (nSPS) is 14.2. The fraction of sp³-hybridized carbons (Fsp3) is 0.182. The third-order valence-electron chi connectivity index (χ3n) is 2.64. The Kier molecular flexibility index (Phi) is 2.28. The lowest BCUT2D eigenvalue weighted by molar-refractivity contribution is -0.136. The van der Waals surface area contributed by atoms with Crippen LogP contribution < -0.4 is 9.47 Å². The summed E-state index contributed by atoms with van der Waals surface area (Å²) in [7, 11) is 0. The molecular weight excluding hydrogens is 267 g/mol. The van der Waals surface area contributed by atoms with Crippen molar-refractivity contribution >= 4 is 23.1 Å². The maximum absolute atomic E-state index is 12.9. The van der Waals surface area contributed by atoms with Crippen LogP contribution >= 0.6 is 12.2 Å². The first-order valence-electron chi connectivity index (χ1n) is 4.99. The van der Waals surface area contributed by atoms with E-state index in [1.807, 2.05) is 0 Å². The van der Waals surface area contributed by atoms with E-state index in [0.29, 0.717) is 11.5 Å². The lowest BCUT2D eigenvalue weighted by atomic mass is 10.1. The largest absolute Gasteiger partial charge is 0.454 e. The van der Waals surface area contributed by atoms with Gasteiger partial charge in [0, 0.05) is 11.5 Å². The molecule has 0 amide bonds. The molecule has 0 aliphatic carbocycles. The molecule has 18 heavy (non-hydrogen) atoms. The highest BCUT2D eigenvalue weighted by atomic mass is 32.1. The Bertz CT molecular complexity index is 693. The first-order valence-corrected chi connectivity index (χ1v) is 5.40. The molecule has 94 valence electrons. The lowest BCUT2D eigenvalue weighted by Gasteiger charge is -2.11. The van der Waals surface area contributed by atoms with Crippen LogP contribution in [0, 0.1) is 4.64 Å². The molecule has 3 rings (SSSR count). The maximum atomic E-state index is 12.9. The molecule has 1 aliphatic heterocycles. The number of H-pyrrole nitrogens is 1. The van der Waals surface area contributed by atoms with Gasteiger partial charge < -0.3 is 14.5 Å². The predicted molar refractivity (Wildman–Crippen MR) is 60.3 cm³/mol. The summed E-state index contributed by atoms with van der Waals surface area (Å²) in [5, 5.41) is 0.0142. The third-order valence-corrected chi connectivity index (χ3v) is 2.86. The Labute approximate surface area is 104 Å². The molecule has 0 atom stereocenters. The molecule has 1 N–H and O–H groups in total. The van der Waals surface area contributed by atoms with Crippen molar-refractivity contribution in [3.05, 3.63) is 28.4 Å². The van der Waals surface area contributed by atoms with Gasteiger partial charge in [0.1, 0.15) is 4.64 Å². The number of aromatic nitrogens is 1. The van der Waals surface area contributed by atoms with Crippen LogP contribution in [0.2, 0.25) is 0 Å². The molecule has 2 heterocycles. The van der Waals surface area contributed by atoms with Crippen molar-refractivity contribution in [3.63, 3.8) is 0 Å². The number of aromatic amines is 1. The van der Waals surface area contributed by atoms with E-state index in [0.717, 1.165) is 6.07 Å². The Hall–Kier alpha value is -1.76. The van der Waals surface area contributed by atoms with E-state index in [9.17, 15) is 13.2 Å². The van der Waals surface area contributed by atoms with Gasteiger partial charge in [-0.2, -0.15) is 13.2 Å². The summed E-state index contributed by atoms with van der Waals surface area (Å²) in [6, 6.07) is 3.67. The third kappa shape index (κ3) is 1.71. The molecule has 0 radical (unpaired) electrons. The smallest absolute Gasteiger partial charge is 0.417 e. The molecule has 3 nitrogen and oxygen atoms in total. The summed E-state index contributed by atoms with van der Waals surface area (Å²) < 4.78 is 49.0. The Balaban J connectivity index is 2.39. The van der Waals surface area contributed by atoms with E-state index in [-0.39, 0.29) is 22.3 Å². The van der Waals surface area contributed by atoms with E-state index >= 15 is 0 Å². The molecule has 0 saturated carbocycles.